The van der Waals surface area contributed by atoms with Gasteiger partial charge < -0.3 is 14.8 Å². The fourth-order valence-electron chi connectivity index (χ4n) is 2.29. The number of rotatable bonds is 8. The number of alkyl halides is 3. The molecule has 0 aliphatic heterocycles. The zero-order chi connectivity index (χ0) is 19.0. The van der Waals surface area contributed by atoms with Gasteiger partial charge in [-0.1, -0.05) is 30.3 Å². The van der Waals surface area contributed by atoms with Crippen molar-refractivity contribution >= 4 is 5.91 Å². The van der Waals surface area contributed by atoms with Crippen LogP contribution in [-0.4, -0.2) is 18.9 Å². The number of halogens is 3. The zero-order valence-electron chi connectivity index (χ0n) is 14.3. The third kappa shape index (κ3) is 7.04. The van der Waals surface area contributed by atoms with Crippen LogP contribution >= 0.6 is 0 Å². The van der Waals surface area contributed by atoms with Crippen molar-refractivity contribution in [2.75, 3.05) is 6.61 Å². The highest BCUT2D eigenvalue weighted by molar-refractivity contribution is 5.76. The van der Waals surface area contributed by atoms with Crippen molar-refractivity contribution in [3.63, 3.8) is 0 Å². The summed E-state index contributed by atoms with van der Waals surface area (Å²) in [4.78, 5) is 12.0. The molecule has 0 spiro atoms. The minimum absolute atomic E-state index is 0.148. The molecular weight excluding hydrogens is 347 g/mol. The Morgan fingerprint density at radius 2 is 1.69 bits per heavy atom. The van der Waals surface area contributed by atoms with E-state index < -0.39 is 6.36 Å². The number of para-hydroxylation sites is 1. The maximum Gasteiger partial charge on any atom is 0.573 e. The molecule has 2 rings (SSSR count). The first-order chi connectivity index (χ1) is 12.3. The normalized spacial score (nSPS) is 12.3. The van der Waals surface area contributed by atoms with Crippen LogP contribution in [0.5, 0.6) is 11.5 Å². The van der Waals surface area contributed by atoms with Gasteiger partial charge in [0.1, 0.15) is 11.5 Å². The van der Waals surface area contributed by atoms with Crippen LogP contribution in [0.15, 0.2) is 54.6 Å². The monoisotopic (exact) mass is 367 g/mol. The van der Waals surface area contributed by atoms with Crippen LogP contribution in [-0.2, 0) is 4.79 Å². The molecule has 0 aliphatic rings. The molecule has 4 nitrogen and oxygen atoms in total. The van der Waals surface area contributed by atoms with Gasteiger partial charge in [-0.25, -0.2) is 0 Å². The van der Waals surface area contributed by atoms with Gasteiger partial charge in [-0.3, -0.25) is 4.79 Å². The third-order valence-electron chi connectivity index (χ3n) is 3.55. The molecule has 26 heavy (non-hydrogen) atoms. The van der Waals surface area contributed by atoms with E-state index in [1.807, 2.05) is 30.3 Å². The molecule has 0 aliphatic carbocycles. The van der Waals surface area contributed by atoms with Gasteiger partial charge in [0.2, 0.25) is 5.91 Å². The van der Waals surface area contributed by atoms with Crippen molar-refractivity contribution in [1.82, 2.24) is 5.32 Å². The van der Waals surface area contributed by atoms with E-state index >= 15 is 0 Å². The van der Waals surface area contributed by atoms with Gasteiger partial charge in [0.15, 0.2) is 0 Å². The maximum atomic E-state index is 12.1. The molecule has 1 unspecified atom stereocenters. The molecule has 7 heteroatoms. The summed E-state index contributed by atoms with van der Waals surface area (Å²) < 4.78 is 45.7. The number of nitrogens with one attached hydrogen (secondary N) is 1. The molecule has 1 amide bonds. The first kappa shape index (κ1) is 19.6. The molecular formula is C19H20F3NO3. The highest BCUT2D eigenvalue weighted by Crippen LogP contribution is 2.24. The second-order valence-corrected chi connectivity index (χ2v) is 5.67. The number of benzene rings is 2. The topological polar surface area (TPSA) is 47.6 Å². The first-order valence-corrected chi connectivity index (χ1v) is 8.16. The Kier molecular flexibility index (Phi) is 6.89. The quantitative estimate of drug-likeness (QED) is 0.693. The van der Waals surface area contributed by atoms with E-state index in [9.17, 15) is 18.0 Å². The van der Waals surface area contributed by atoms with Crippen molar-refractivity contribution < 1.29 is 27.4 Å². The lowest BCUT2D eigenvalue weighted by molar-refractivity contribution is -0.274. The standard InChI is InChI=1S/C19H20F3NO3/c1-14(15-9-11-17(12-10-15)26-19(20,21)22)23-18(24)8-5-13-25-16-6-3-2-4-7-16/h2-4,6-7,9-12,14H,5,8,13H2,1H3,(H,23,24). The molecule has 2 aromatic carbocycles. The van der Waals surface area contributed by atoms with Crippen LogP contribution in [0.25, 0.3) is 0 Å². The molecule has 0 radical (unpaired) electrons. The Hall–Kier alpha value is -2.70. The fourth-order valence-corrected chi connectivity index (χ4v) is 2.29. The van der Waals surface area contributed by atoms with E-state index in [-0.39, 0.29) is 17.7 Å². The van der Waals surface area contributed by atoms with Crippen LogP contribution < -0.4 is 14.8 Å². The summed E-state index contributed by atoms with van der Waals surface area (Å²) in [5, 5.41) is 2.81. The Balaban J connectivity index is 1.72. The van der Waals surface area contributed by atoms with Crippen molar-refractivity contribution in [3.05, 3.63) is 60.2 Å². The van der Waals surface area contributed by atoms with E-state index in [1.54, 1.807) is 6.92 Å². The van der Waals surface area contributed by atoms with Gasteiger partial charge in [0.05, 0.1) is 12.6 Å². The Morgan fingerprint density at radius 3 is 2.31 bits per heavy atom. The fraction of sp³-hybridized carbons (Fsp3) is 0.316. The summed E-state index contributed by atoms with van der Waals surface area (Å²) in [6.07, 6.45) is -3.86. The van der Waals surface area contributed by atoms with E-state index in [4.69, 9.17) is 4.74 Å². The second-order valence-electron chi connectivity index (χ2n) is 5.67. The largest absolute Gasteiger partial charge is 0.573 e. The minimum atomic E-state index is -4.72. The molecule has 0 saturated heterocycles. The molecule has 1 atom stereocenters. The van der Waals surface area contributed by atoms with E-state index in [0.29, 0.717) is 25.0 Å². The number of amides is 1. The number of carbonyl (C=O) groups is 1. The van der Waals surface area contributed by atoms with Gasteiger partial charge in [0.25, 0.3) is 0 Å². The third-order valence-corrected chi connectivity index (χ3v) is 3.55. The summed E-state index contributed by atoms with van der Waals surface area (Å²) in [5.74, 6) is 0.310. The van der Waals surface area contributed by atoms with Crippen LogP contribution in [0.2, 0.25) is 0 Å². The molecule has 0 heterocycles. The summed E-state index contributed by atoms with van der Waals surface area (Å²) >= 11 is 0. The second kappa shape index (κ2) is 9.12. The average Bonchev–Trinajstić information content (AvgIpc) is 2.59. The molecule has 0 aromatic heterocycles. The molecule has 1 N–H and O–H groups in total. The van der Waals surface area contributed by atoms with E-state index in [0.717, 1.165) is 5.75 Å². The van der Waals surface area contributed by atoms with Gasteiger partial charge in [-0.05, 0) is 43.2 Å². The number of carbonyl (C=O) groups excluding carboxylic acids is 1. The first-order valence-electron chi connectivity index (χ1n) is 8.16. The predicted molar refractivity (Wildman–Crippen MR) is 90.9 cm³/mol. The Bertz CT molecular complexity index is 687. The van der Waals surface area contributed by atoms with Crippen molar-refractivity contribution in [3.8, 4) is 11.5 Å². The molecule has 0 bridgehead atoms. The Morgan fingerprint density at radius 1 is 1.04 bits per heavy atom. The number of hydrogen-bond donors (Lipinski definition) is 1. The summed E-state index contributed by atoms with van der Waals surface area (Å²) in [5.41, 5.74) is 0.688. The summed E-state index contributed by atoms with van der Waals surface area (Å²) in [6.45, 7) is 2.19. The summed E-state index contributed by atoms with van der Waals surface area (Å²) in [6, 6.07) is 14.4. The lowest BCUT2D eigenvalue weighted by Crippen LogP contribution is -2.26. The number of ether oxygens (including phenoxy) is 2. The smallest absolute Gasteiger partial charge is 0.494 e. The lowest BCUT2D eigenvalue weighted by atomic mass is 10.1. The molecule has 140 valence electrons. The van der Waals surface area contributed by atoms with E-state index in [2.05, 4.69) is 10.1 Å². The minimum Gasteiger partial charge on any atom is -0.494 e. The van der Waals surface area contributed by atoms with Crippen LogP contribution in [0.4, 0.5) is 13.2 Å². The van der Waals surface area contributed by atoms with Gasteiger partial charge in [-0.15, -0.1) is 13.2 Å². The van der Waals surface area contributed by atoms with E-state index in [1.165, 1.54) is 24.3 Å². The van der Waals surface area contributed by atoms with Gasteiger partial charge >= 0.3 is 6.36 Å². The van der Waals surface area contributed by atoms with Crippen molar-refractivity contribution in [2.45, 2.75) is 32.2 Å². The maximum absolute atomic E-state index is 12.1. The summed E-state index contributed by atoms with van der Waals surface area (Å²) in [7, 11) is 0. The highest BCUT2D eigenvalue weighted by Gasteiger charge is 2.31. The van der Waals surface area contributed by atoms with Gasteiger partial charge in [0, 0.05) is 6.42 Å². The zero-order valence-corrected chi connectivity index (χ0v) is 14.3. The highest BCUT2D eigenvalue weighted by atomic mass is 19.4. The Labute approximate surface area is 149 Å². The average molecular weight is 367 g/mol. The van der Waals surface area contributed by atoms with Crippen LogP contribution in [0, 0.1) is 0 Å². The van der Waals surface area contributed by atoms with Crippen LogP contribution in [0.1, 0.15) is 31.4 Å². The van der Waals surface area contributed by atoms with Crippen molar-refractivity contribution in [1.29, 1.82) is 0 Å². The van der Waals surface area contributed by atoms with Crippen LogP contribution in [0.3, 0.4) is 0 Å². The SMILES string of the molecule is CC(NC(=O)CCCOc1ccccc1)c1ccc(OC(F)(F)F)cc1. The molecule has 2 aromatic rings. The predicted octanol–water partition coefficient (Wildman–Crippen LogP) is 4.62. The van der Waals surface area contributed by atoms with Gasteiger partial charge in [-0.2, -0.15) is 0 Å². The van der Waals surface area contributed by atoms with Crippen molar-refractivity contribution in [2.24, 2.45) is 0 Å². The lowest BCUT2D eigenvalue weighted by Gasteiger charge is -2.15. The molecule has 0 fully saturated rings. The molecule has 0 saturated carbocycles. The number of hydrogen-bond acceptors (Lipinski definition) is 3.